The van der Waals surface area contributed by atoms with Crippen LogP contribution in [0.1, 0.15) is 13.8 Å². The minimum absolute atomic E-state index is 0.204. The molecule has 1 atom stereocenters. The number of nitrogens with zero attached hydrogens (tertiary/aromatic N) is 2. The van der Waals surface area contributed by atoms with E-state index in [1.54, 1.807) is 0 Å². The van der Waals surface area contributed by atoms with E-state index in [1.165, 1.54) is 39.4 Å². The second kappa shape index (κ2) is 4.92. The number of allylic oxidation sites excluding steroid dienone is 2. The molecule has 6 nitrogen and oxygen atoms in total. The molecule has 0 saturated heterocycles. The number of carboxylic acid groups (broad SMARTS) is 1. The van der Waals surface area contributed by atoms with E-state index in [-0.39, 0.29) is 5.57 Å². The van der Waals surface area contributed by atoms with E-state index in [0.717, 1.165) is 4.90 Å². The van der Waals surface area contributed by atoms with Gasteiger partial charge in [0.1, 0.15) is 0 Å². The third-order valence-corrected chi connectivity index (χ3v) is 2.90. The lowest BCUT2D eigenvalue weighted by molar-refractivity contribution is -0.148. The van der Waals surface area contributed by atoms with Crippen molar-refractivity contribution in [3.05, 3.63) is 24.0 Å². The summed E-state index contributed by atoms with van der Waals surface area (Å²) in [6.07, 6.45) is 3.58. The number of carboxylic acids is 1. The second-order valence-electron chi connectivity index (χ2n) is 4.42. The molecule has 1 rings (SSSR count). The average Bonchev–Trinajstić information content (AvgIpc) is 2.36. The van der Waals surface area contributed by atoms with Gasteiger partial charge in [0.05, 0.1) is 24.2 Å². The molecular formula is C12H14N2O4. The van der Waals surface area contributed by atoms with Gasteiger partial charge in [0, 0.05) is 18.3 Å². The molecule has 18 heavy (non-hydrogen) atoms. The third-order valence-electron chi connectivity index (χ3n) is 2.90. The van der Waals surface area contributed by atoms with Crippen molar-refractivity contribution in [2.45, 2.75) is 13.8 Å². The Morgan fingerprint density at radius 2 is 2.17 bits per heavy atom. The molecule has 1 unspecified atom stereocenters. The molecular weight excluding hydrogens is 236 g/mol. The summed E-state index contributed by atoms with van der Waals surface area (Å²) >= 11 is 0. The Morgan fingerprint density at radius 1 is 1.56 bits per heavy atom. The van der Waals surface area contributed by atoms with Crippen LogP contribution in [-0.4, -0.2) is 29.2 Å². The third kappa shape index (κ3) is 2.35. The fourth-order valence-electron chi connectivity index (χ4n) is 1.64. The normalized spacial score (nSPS) is 18.9. The van der Waals surface area contributed by atoms with Gasteiger partial charge in [0.25, 0.3) is 0 Å². The van der Waals surface area contributed by atoms with Crippen molar-refractivity contribution in [3.63, 3.8) is 0 Å². The van der Waals surface area contributed by atoms with Crippen LogP contribution in [0.4, 0.5) is 4.79 Å². The Kier molecular flexibility index (Phi) is 3.76. The summed E-state index contributed by atoms with van der Waals surface area (Å²) in [5.41, 5.74) is -0.921. The van der Waals surface area contributed by atoms with Crippen LogP contribution in [0.15, 0.2) is 24.0 Å². The van der Waals surface area contributed by atoms with Gasteiger partial charge in [-0.1, -0.05) is 6.08 Å². The molecule has 96 valence electrons. The van der Waals surface area contributed by atoms with Gasteiger partial charge < -0.3 is 9.84 Å². The highest BCUT2D eigenvalue weighted by molar-refractivity contribution is 5.76. The van der Waals surface area contributed by atoms with Gasteiger partial charge in [0.2, 0.25) is 0 Å². The van der Waals surface area contributed by atoms with E-state index in [1.807, 2.05) is 6.07 Å². The molecule has 0 radical (unpaired) electrons. The average molecular weight is 250 g/mol. The van der Waals surface area contributed by atoms with Crippen molar-refractivity contribution in [1.29, 1.82) is 5.26 Å². The van der Waals surface area contributed by atoms with E-state index in [9.17, 15) is 9.59 Å². The Hall–Kier alpha value is -2.29. The maximum atomic E-state index is 11.3. The van der Waals surface area contributed by atoms with E-state index in [2.05, 4.69) is 4.74 Å². The van der Waals surface area contributed by atoms with Crippen LogP contribution in [-0.2, 0) is 9.53 Å². The fourth-order valence-corrected chi connectivity index (χ4v) is 1.64. The molecule has 0 bridgehead atoms. The second-order valence-corrected chi connectivity index (χ2v) is 4.42. The number of ether oxygens (including phenoxy) is 1. The molecule has 0 aromatic heterocycles. The van der Waals surface area contributed by atoms with Crippen molar-refractivity contribution < 1.29 is 19.4 Å². The molecule has 6 heteroatoms. The molecule has 0 saturated carbocycles. The zero-order valence-electron chi connectivity index (χ0n) is 10.4. The molecule has 1 N–H and O–H groups in total. The molecule has 1 heterocycles. The molecule has 1 aliphatic rings. The van der Waals surface area contributed by atoms with E-state index in [4.69, 9.17) is 10.4 Å². The molecule has 0 aromatic rings. The number of hydrogen-bond acceptors (Lipinski definition) is 4. The van der Waals surface area contributed by atoms with Crippen molar-refractivity contribution in [2.24, 2.45) is 11.3 Å². The zero-order valence-corrected chi connectivity index (χ0v) is 10.4. The summed E-state index contributed by atoms with van der Waals surface area (Å²) in [7, 11) is 1.23. The molecule has 0 spiro atoms. The van der Waals surface area contributed by atoms with Crippen molar-refractivity contribution in [1.82, 2.24) is 4.90 Å². The molecule has 0 aliphatic carbocycles. The largest absolute Gasteiger partial charge is 0.481 e. The Bertz CT molecular complexity index is 471. The lowest BCUT2D eigenvalue weighted by Gasteiger charge is -2.31. The van der Waals surface area contributed by atoms with Crippen LogP contribution in [0.3, 0.4) is 0 Å². The van der Waals surface area contributed by atoms with Crippen molar-refractivity contribution >= 4 is 12.1 Å². The smallest absolute Gasteiger partial charge is 0.417 e. The lowest BCUT2D eigenvalue weighted by Crippen LogP contribution is -2.35. The van der Waals surface area contributed by atoms with Gasteiger partial charge in [0.15, 0.2) is 0 Å². The SMILES string of the molecule is COC(=O)N1C=CC(C(C)(C)C(=O)O)C(C#N)=C1. The Balaban J connectivity index is 3.09. The Morgan fingerprint density at radius 3 is 2.61 bits per heavy atom. The van der Waals surface area contributed by atoms with Gasteiger partial charge in [-0.3, -0.25) is 9.69 Å². The van der Waals surface area contributed by atoms with Gasteiger partial charge in [-0.05, 0) is 13.8 Å². The number of rotatable bonds is 2. The number of carbonyl (C=O) groups excluding carboxylic acids is 1. The van der Waals surface area contributed by atoms with E-state index >= 15 is 0 Å². The van der Waals surface area contributed by atoms with E-state index < -0.39 is 23.4 Å². The van der Waals surface area contributed by atoms with Gasteiger partial charge >= 0.3 is 12.1 Å². The standard InChI is InChI=1S/C12H14N2O4/c1-12(2,10(15)16)9-4-5-14(11(17)18-3)7-8(9)6-13/h4-5,7,9H,1-3H3,(H,15,16). The summed E-state index contributed by atoms with van der Waals surface area (Å²) in [6.45, 7) is 3.06. The van der Waals surface area contributed by atoms with Crippen LogP contribution in [0, 0.1) is 22.7 Å². The van der Waals surface area contributed by atoms with Crippen LogP contribution in [0.25, 0.3) is 0 Å². The van der Waals surface area contributed by atoms with Crippen LogP contribution in [0.5, 0.6) is 0 Å². The van der Waals surface area contributed by atoms with Crippen LogP contribution in [0.2, 0.25) is 0 Å². The first-order valence-corrected chi connectivity index (χ1v) is 5.24. The maximum Gasteiger partial charge on any atom is 0.417 e. The number of carbonyl (C=O) groups is 2. The highest BCUT2D eigenvalue weighted by Crippen LogP contribution is 2.36. The number of nitriles is 1. The highest BCUT2D eigenvalue weighted by atomic mass is 16.5. The first kappa shape index (κ1) is 13.8. The molecule has 0 aromatic carbocycles. The molecule has 1 aliphatic heterocycles. The highest BCUT2D eigenvalue weighted by Gasteiger charge is 2.39. The molecule has 1 amide bonds. The van der Waals surface area contributed by atoms with Crippen molar-refractivity contribution in [2.75, 3.05) is 7.11 Å². The fraction of sp³-hybridized carbons (Fsp3) is 0.417. The zero-order chi connectivity index (χ0) is 13.9. The van der Waals surface area contributed by atoms with Crippen LogP contribution < -0.4 is 0 Å². The lowest BCUT2D eigenvalue weighted by atomic mass is 9.74. The number of amides is 1. The summed E-state index contributed by atoms with van der Waals surface area (Å²) in [4.78, 5) is 23.6. The van der Waals surface area contributed by atoms with Crippen molar-refractivity contribution in [3.8, 4) is 6.07 Å². The van der Waals surface area contributed by atoms with Crippen LogP contribution >= 0.6 is 0 Å². The van der Waals surface area contributed by atoms with Gasteiger partial charge in [-0.2, -0.15) is 5.26 Å². The van der Waals surface area contributed by atoms with Gasteiger partial charge in [-0.15, -0.1) is 0 Å². The predicted molar refractivity (Wildman–Crippen MR) is 62.0 cm³/mol. The monoisotopic (exact) mass is 250 g/mol. The minimum Gasteiger partial charge on any atom is -0.481 e. The van der Waals surface area contributed by atoms with Gasteiger partial charge in [-0.25, -0.2) is 4.79 Å². The first-order chi connectivity index (χ1) is 8.34. The summed E-state index contributed by atoms with van der Waals surface area (Å²) in [6, 6.07) is 1.92. The summed E-state index contributed by atoms with van der Waals surface area (Å²) in [5.74, 6) is -1.59. The van der Waals surface area contributed by atoms with E-state index in [0.29, 0.717) is 0 Å². The number of hydrogen-bond donors (Lipinski definition) is 1. The topological polar surface area (TPSA) is 90.6 Å². The number of aliphatic carboxylic acids is 1. The first-order valence-electron chi connectivity index (χ1n) is 5.24. The number of methoxy groups -OCH3 is 1. The Labute approximate surface area is 105 Å². The minimum atomic E-state index is -1.12. The predicted octanol–water partition coefficient (Wildman–Crippen LogP) is 1.72. The summed E-state index contributed by atoms with van der Waals surface area (Å²) < 4.78 is 4.52. The maximum absolute atomic E-state index is 11.3. The summed E-state index contributed by atoms with van der Waals surface area (Å²) in [5, 5.41) is 18.2. The quantitative estimate of drug-likeness (QED) is 0.805. The molecule has 0 fully saturated rings.